The van der Waals surface area contributed by atoms with Crippen molar-refractivity contribution < 1.29 is 27.8 Å². The lowest BCUT2D eigenvalue weighted by molar-refractivity contribution is -0.114. The second-order valence-electron chi connectivity index (χ2n) is 5.64. The van der Waals surface area contributed by atoms with E-state index in [9.17, 15) is 18.3 Å². The van der Waals surface area contributed by atoms with Crippen LogP contribution in [0.2, 0.25) is 0 Å². The highest BCUT2D eigenvalue weighted by molar-refractivity contribution is 7.92. The van der Waals surface area contributed by atoms with Gasteiger partial charge < -0.3 is 20.3 Å². The quantitative estimate of drug-likeness (QED) is 0.339. The van der Waals surface area contributed by atoms with Crippen molar-refractivity contribution in [3.05, 3.63) is 53.9 Å². The molecule has 1 amide bonds. The number of amides is 1. The monoisotopic (exact) mass is 420 g/mol. The maximum Gasteiger partial charge on any atom is 0.272 e. The third kappa shape index (κ3) is 5.23. The van der Waals surface area contributed by atoms with Gasteiger partial charge in [0.05, 0.1) is 24.8 Å². The van der Waals surface area contributed by atoms with E-state index >= 15 is 0 Å². The van der Waals surface area contributed by atoms with Crippen molar-refractivity contribution >= 4 is 27.3 Å². The van der Waals surface area contributed by atoms with Crippen molar-refractivity contribution in [1.29, 1.82) is 0 Å². The first-order valence-corrected chi connectivity index (χ1v) is 9.63. The second-order valence-corrected chi connectivity index (χ2v) is 7.32. The minimum atomic E-state index is -4.00. The fourth-order valence-corrected chi connectivity index (χ4v) is 3.34. The average molecular weight is 420 g/mol. The Bertz CT molecular complexity index is 1080. The molecule has 0 bridgehead atoms. The summed E-state index contributed by atoms with van der Waals surface area (Å²) in [7, 11) is -1.22. The molecule has 10 nitrogen and oxygen atoms in total. The molecule has 2 aromatic rings. The number of nitrogens with two attached hydrogens (primary N) is 1. The van der Waals surface area contributed by atoms with Crippen LogP contribution in [-0.2, 0) is 14.8 Å². The summed E-state index contributed by atoms with van der Waals surface area (Å²) >= 11 is 0. The number of azo groups is 1. The molecule has 0 unspecified atom stereocenters. The summed E-state index contributed by atoms with van der Waals surface area (Å²) in [5, 5.41) is 16.9. The molecule has 0 aromatic heterocycles. The van der Waals surface area contributed by atoms with Crippen molar-refractivity contribution in [2.45, 2.75) is 11.8 Å². The molecule has 0 radical (unpaired) electrons. The fourth-order valence-electron chi connectivity index (χ4n) is 2.25. The molecule has 0 aliphatic carbocycles. The van der Waals surface area contributed by atoms with Crippen LogP contribution in [0.5, 0.6) is 11.5 Å². The van der Waals surface area contributed by atoms with Gasteiger partial charge in [0, 0.05) is 0 Å². The van der Waals surface area contributed by atoms with E-state index in [1.54, 1.807) is 24.3 Å². The number of aliphatic hydroxyl groups is 1. The molecule has 4 N–H and O–H groups in total. The van der Waals surface area contributed by atoms with Gasteiger partial charge in [-0.2, -0.15) is 0 Å². The Morgan fingerprint density at radius 2 is 1.76 bits per heavy atom. The van der Waals surface area contributed by atoms with Crippen LogP contribution in [0.25, 0.3) is 0 Å². The van der Waals surface area contributed by atoms with Gasteiger partial charge in [-0.3, -0.25) is 9.52 Å². The maximum absolute atomic E-state index is 12.8. The van der Waals surface area contributed by atoms with Gasteiger partial charge in [0.2, 0.25) is 0 Å². The zero-order valence-corrected chi connectivity index (χ0v) is 16.7. The molecule has 0 fully saturated rings. The molecule has 0 saturated carbocycles. The van der Waals surface area contributed by atoms with Crippen molar-refractivity contribution in [1.82, 2.24) is 0 Å². The number of methoxy groups -OCH3 is 2. The minimum Gasteiger partial charge on any atom is -0.510 e. The number of nitrogens with one attached hydrogen (secondary N) is 1. The van der Waals surface area contributed by atoms with Crippen LogP contribution in [0.15, 0.2) is 69.0 Å². The van der Waals surface area contributed by atoms with E-state index in [0.29, 0.717) is 5.75 Å². The third-order valence-electron chi connectivity index (χ3n) is 3.65. The smallest absolute Gasteiger partial charge is 0.272 e. The number of hydrogen-bond acceptors (Lipinski definition) is 8. The molecule has 0 heterocycles. The van der Waals surface area contributed by atoms with E-state index in [4.69, 9.17) is 15.2 Å². The van der Waals surface area contributed by atoms with Gasteiger partial charge in [0.25, 0.3) is 15.9 Å². The molecule has 2 aromatic carbocycles. The normalized spacial score (nSPS) is 12.4. The number of hydrogen-bond donors (Lipinski definition) is 3. The SMILES string of the molecule is COc1ccc(S(=O)(=O)Nc2ccccc2OC)cc1N=NC(C(N)=O)=C(C)O. The Hall–Kier alpha value is -3.60. The van der Waals surface area contributed by atoms with Gasteiger partial charge in [-0.05, 0) is 37.3 Å². The van der Waals surface area contributed by atoms with Crippen LogP contribution in [0.4, 0.5) is 11.4 Å². The van der Waals surface area contributed by atoms with Gasteiger partial charge in [-0.1, -0.05) is 12.1 Å². The number of carbonyl (C=O) groups is 1. The molecule has 0 spiro atoms. The molecule has 0 atom stereocenters. The molecule has 0 aliphatic rings. The highest BCUT2D eigenvalue weighted by Crippen LogP contribution is 2.33. The Labute approximate surface area is 167 Å². The summed E-state index contributed by atoms with van der Waals surface area (Å²) in [5.74, 6) is -0.875. The van der Waals surface area contributed by atoms with E-state index in [-0.39, 0.29) is 22.0 Å². The largest absolute Gasteiger partial charge is 0.510 e. The molecule has 11 heteroatoms. The molecule has 2 rings (SSSR count). The van der Waals surface area contributed by atoms with Crippen LogP contribution in [-0.4, -0.2) is 33.7 Å². The molecule has 154 valence electrons. The van der Waals surface area contributed by atoms with Gasteiger partial charge in [-0.15, -0.1) is 10.2 Å². The number of ether oxygens (including phenoxy) is 2. The molecular formula is C18H20N4O6S. The zero-order valence-electron chi connectivity index (χ0n) is 15.9. The van der Waals surface area contributed by atoms with Gasteiger partial charge in [-0.25, -0.2) is 8.42 Å². The van der Waals surface area contributed by atoms with E-state index in [0.717, 1.165) is 0 Å². The maximum atomic E-state index is 12.8. The predicted octanol–water partition coefficient (Wildman–Crippen LogP) is 2.86. The summed E-state index contributed by atoms with van der Waals surface area (Å²) < 4.78 is 38.3. The van der Waals surface area contributed by atoms with Crippen molar-refractivity contribution in [2.24, 2.45) is 16.0 Å². The van der Waals surface area contributed by atoms with Gasteiger partial charge >= 0.3 is 0 Å². The number of rotatable bonds is 8. The molecule has 29 heavy (non-hydrogen) atoms. The fraction of sp³-hybridized carbons (Fsp3) is 0.167. The highest BCUT2D eigenvalue weighted by atomic mass is 32.2. The van der Waals surface area contributed by atoms with Crippen LogP contribution in [0.1, 0.15) is 6.92 Å². The Morgan fingerprint density at radius 1 is 1.10 bits per heavy atom. The summed E-state index contributed by atoms with van der Waals surface area (Å²) in [6, 6.07) is 10.4. The first kappa shape index (κ1) is 21.7. The summed E-state index contributed by atoms with van der Waals surface area (Å²) in [6.07, 6.45) is 0. The first-order chi connectivity index (χ1) is 13.7. The van der Waals surface area contributed by atoms with E-state index in [2.05, 4.69) is 15.0 Å². The van der Waals surface area contributed by atoms with Gasteiger partial charge in [0.1, 0.15) is 22.9 Å². The topological polar surface area (TPSA) is 153 Å². The number of primary amides is 1. The number of nitrogens with zero attached hydrogens (tertiary/aromatic N) is 2. The second kappa shape index (κ2) is 9.06. The first-order valence-electron chi connectivity index (χ1n) is 8.15. The average Bonchev–Trinajstić information content (AvgIpc) is 2.67. The lowest BCUT2D eigenvalue weighted by Gasteiger charge is -2.12. The Morgan fingerprint density at radius 3 is 2.34 bits per heavy atom. The van der Waals surface area contributed by atoms with Crippen LogP contribution >= 0.6 is 0 Å². The lowest BCUT2D eigenvalue weighted by Crippen LogP contribution is -2.14. The number of aliphatic hydroxyl groups excluding tert-OH is 1. The van der Waals surface area contributed by atoms with Gasteiger partial charge in [0.15, 0.2) is 5.70 Å². The predicted molar refractivity (Wildman–Crippen MR) is 106 cm³/mol. The number of benzene rings is 2. The molecular weight excluding hydrogens is 400 g/mol. The van der Waals surface area contributed by atoms with E-state index in [1.165, 1.54) is 39.3 Å². The summed E-state index contributed by atoms with van der Waals surface area (Å²) in [4.78, 5) is 11.2. The minimum absolute atomic E-state index is 0.00963. The Kier molecular flexibility index (Phi) is 6.78. The third-order valence-corrected chi connectivity index (χ3v) is 5.01. The Balaban J connectivity index is 2.46. The summed E-state index contributed by atoms with van der Waals surface area (Å²) in [6.45, 7) is 1.22. The zero-order chi connectivity index (χ0) is 21.6. The highest BCUT2D eigenvalue weighted by Gasteiger charge is 2.19. The van der Waals surface area contributed by atoms with Crippen molar-refractivity contribution in [3.8, 4) is 11.5 Å². The van der Waals surface area contributed by atoms with Crippen molar-refractivity contribution in [2.75, 3.05) is 18.9 Å². The lowest BCUT2D eigenvalue weighted by atomic mass is 10.3. The number of anilines is 1. The number of carbonyl (C=O) groups excluding carboxylic acids is 1. The molecule has 0 saturated heterocycles. The van der Waals surface area contributed by atoms with Crippen LogP contribution in [0, 0.1) is 0 Å². The van der Waals surface area contributed by atoms with Crippen LogP contribution in [0.3, 0.4) is 0 Å². The summed E-state index contributed by atoms with van der Waals surface area (Å²) in [5.41, 5.74) is 4.92. The van der Waals surface area contributed by atoms with Crippen LogP contribution < -0.4 is 19.9 Å². The molecule has 0 aliphatic heterocycles. The number of para-hydroxylation sites is 2. The van der Waals surface area contributed by atoms with Crippen molar-refractivity contribution in [3.63, 3.8) is 0 Å². The number of sulfonamides is 1. The van der Waals surface area contributed by atoms with E-state index in [1.807, 2.05) is 0 Å². The standard InChI is InChI=1S/C18H20N4O6S/c1-11(23)17(18(19)24)21-20-14-10-12(8-9-16(14)28-3)29(25,26)22-13-6-4-5-7-15(13)27-2/h4-10,22-23H,1-3H3,(H2,19,24). The number of allylic oxidation sites excluding steroid dienone is 1. The van der Waals surface area contributed by atoms with E-state index < -0.39 is 27.4 Å².